The van der Waals surface area contributed by atoms with Gasteiger partial charge in [0.05, 0.1) is 0 Å². The predicted octanol–water partition coefficient (Wildman–Crippen LogP) is 4.13. The summed E-state index contributed by atoms with van der Waals surface area (Å²) >= 11 is 0. The minimum Gasteiger partial charge on any atom is -0.203 e. The molecule has 0 atom stereocenters. The van der Waals surface area contributed by atoms with Crippen LogP contribution in [-0.2, 0) is 25.7 Å². The molecule has 0 N–H and O–H groups in total. The third-order valence-corrected chi connectivity index (χ3v) is 3.80. The molecule has 2 aromatic carbocycles. The van der Waals surface area contributed by atoms with Gasteiger partial charge in [-0.3, -0.25) is 0 Å². The van der Waals surface area contributed by atoms with Gasteiger partial charge in [-0.25, -0.2) is 17.6 Å². The summed E-state index contributed by atoms with van der Waals surface area (Å²) in [6.45, 7) is 0. The smallest absolute Gasteiger partial charge is 0.165 e. The van der Waals surface area contributed by atoms with E-state index >= 15 is 0 Å². The van der Waals surface area contributed by atoms with E-state index in [1.165, 1.54) is 0 Å². The molecule has 0 nitrogen and oxygen atoms in total. The van der Waals surface area contributed by atoms with Gasteiger partial charge in [0.2, 0.25) is 0 Å². The van der Waals surface area contributed by atoms with Crippen molar-refractivity contribution in [2.24, 2.45) is 0 Å². The second-order valence-corrected chi connectivity index (χ2v) is 5.03. The highest BCUT2D eigenvalue weighted by atomic mass is 19.2. The number of hydrogen-bond donors (Lipinski definition) is 0. The van der Waals surface area contributed by atoms with Crippen molar-refractivity contribution in [1.82, 2.24) is 0 Å². The third kappa shape index (κ3) is 2.09. The molecule has 0 unspecified atom stereocenters. The standard InChI is InChI=1S/C16H12F4/c17-13-11-7-5-9-1-2-10(4-3-9)6-8-12(15(13)19)16(20)14(11)18/h1-4H,5-8H2. The Bertz CT molecular complexity index is 572. The van der Waals surface area contributed by atoms with Gasteiger partial charge in [0, 0.05) is 11.1 Å². The fourth-order valence-electron chi connectivity index (χ4n) is 2.57. The van der Waals surface area contributed by atoms with E-state index < -0.39 is 34.4 Å². The molecular formula is C16H12F4. The Morgan fingerprint density at radius 2 is 0.800 bits per heavy atom. The Labute approximate surface area is 114 Å². The van der Waals surface area contributed by atoms with Crippen LogP contribution in [0.25, 0.3) is 0 Å². The average Bonchev–Trinajstić information content (AvgIpc) is 2.45. The number of aryl methyl sites for hydroxylation is 2. The topological polar surface area (TPSA) is 0 Å². The number of rotatable bonds is 0. The summed E-state index contributed by atoms with van der Waals surface area (Å²) in [5.74, 6) is -5.02. The molecule has 2 aromatic rings. The van der Waals surface area contributed by atoms with Crippen molar-refractivity contribution in [1.29, 1.82) is 0 Å². The highest BCUT2D eigenvalue weighted by molar-refractivity contribution is 5.33. The molecule has 0 amide bonds. The van der Waals surface area contributed by atoms with Crippen LogP contribution >= 0.6 is 0 Å². The zero-order valence-corrected chi connectivity index (χ0v) is 10.6. The molecule has 4 heteroatoms. The lowest BCUT2D eigenvalue weighted by atomic mass is 9.95. The molecule has 0 saturated heterocycles. The van der Waals surface area contributed by atoms with E-state index in [4.69, 9.17) is 0 Å². The minimum atomic E-state index is -1.26. The lowest BCUT2D eigenvalue weighted by Crippen LogP contribution is -2.11. The van der Waals surface area contributed by atoms with Crippen LogP contribution in [0.5, 0.6) is 0 Å². The zero-order valence-electron chi connectivity index (χ0n) is 10.6. The SMILES string of the molecule is Fc1c(F)c2c(F)c(F)c1CCc1ccc(cc1)CC2. The Balaban J connectivity index is 2.17. The van der Waals surface area contributed by atoms with Crippen molar-refractivity contribution in [3.63, 3.8) is 0 Å². The number of halogens is 4. The van der Waals surface area contributed by atoms with Crippen LogP contribution in [0, 0.1) is 23.3 Å². The molecule has 4 bridgehead atoms. The summed E-state index contributed by atoms with van der Waals surface area (Å²) in [5, 5.41) is 0. The summed E-state index contributed by atoms with van der Waals surface area (Å²) in [7, 11) is 0. The molecule has 6 rings (SSSR count). The molecule has 0 fully saturated rings. The highest BCUT2D eigenvalue weighted by Crippen LogP contribution is 2.27. The van der Waals surface area contributed by atoms with Gasteiger partial charge < -0.3 is 0 Å². The maximum absolute atomic E-state index is 13.9. The average molecular weight is 280 g/mol. The van der Waals surface area contributed by atoms with Gasteiger partial charge >= 0.3 is 0 Å². The molecule has 0 radical (unpaired) electrons. The lowest BCUT2D eigenvalue weighted by molar-refractivity contribution is 0.424. The molecule has 0 heterocycles. The van der Waals surface area contributed by atoms with Crippen molar-refractivity contribution < 1.29 is 17.6 Å². The van der Waals surface area contributed by atoms with Crippen LogP contribution in [0.15, 0.2) is 24.3 Å². The maximum Gasteiger partial charge on any atom is 0.165 e. The third-order valence-electron chi connectivity index (χ3n) is 3.80. The lowest BCUT2D eigenvalue weighted by Gasteiger charge is -2.14. The molecule has 0 aromatic heterocycles. The molecule has 0 saturated carbocycles. The fourth-order valence-corrected chi connectivity index (χ4v) is 2.57. The van der Waals surface area contributed by atoms with Crippen LogP contribution in [0.1, 0.15) is 22.3 Å². The molecule has 20 heavy (non-hydrogen) atoms. The van der Waals surface area contributed by atoms with Crippen molar-refractivity contribution in [2.45, 2.75) is 25.7 Å². The summed E-state index contributed by atoms with van der Waals surface area (Å²) in [6.07, 6.45) is 0.551. The second-order valence-electron chi connectivity index (χ2n) is 5.03. The van der Waals surface area contributed by atoms with Crippen molar-refractivity contribution >= 4 is 0 Å². The zero-order chi connectivity index (χ0) is 14.3. The molecule has 0 aliphatic heterocycles. The highest BCUT2D eigenvalue weighted by Gasteiger charge is 2.25. The number of hydrogen-bond acceptors (Lipinski definition) is 0. The normalized spacial score (nSPS) is 14.2. The van der Waals surface area contributed by atoms with E-state index in [-0.39, 0.29) is 12.8 Å². The molecule has 104 valence electrons. The Kier molecular flexibility index (Phi) is 3.24. The van der Waals surface area contributed by atoms with Crippen LogP contribution < -0.4 is 0 Å². The van der Waals surface area contributed by atoms with Crippen LogP contribution in [-0.4, -0.2) is 0 Å². The molecule has 4 aliphatic rings. The quantitative estimate of drug-likeness (QED) is 0.503. The van der Waals surface area contributed by atoms with Crippen molar-refractivity contribution in [3.05, 3.63) is 69.8 Å². The molecule has 0 spiro atoms. The van der Waals surface area contributed by atoms with Gasteiger partial charge in [0.15, 0.2) is 23.3 Å². The summed E-state index contributed by atoms with van der Waals surface area (Å²) < 4.78 is 55.5. The van der Waals surface area contributed by atoms with Gasteiger partial charge in [-0.2, -0.15) is 0 Å². The van der Waals surface area contributed by atoms with Gasteiger partial charge in [-0.1, -0.05) is 24.3 Å². The maximum atomic E-state index is 13.9. The molecular weight excluding hydrogens is 268 g/mol. The van der Waals surface area contributed by atoms with Crippen LogP contribution in [0.2, 0.25) is 0 Å². The second kappa shape index (κ2) is 4.93. The first-order chi connectivity index (χ1) is 9.58. The van der Waals surface area contributed by atoms with Gasteiger partial charge in [0.25, 0.3) is 0 Å². The Hall–Kier alpha value is -1.84. The predicted molar refractivity (Wildman–Crippen MR) is 67.5 cm³/mol. The summed E-state index contributed by atoms with van der Waals surface area (Å²) in [5.41, 5.74) is 0.762. The van der Waals surface area contributed by atoms with Gasteiger partial charge in [-0.15, -0.1) is 0 Å². The largest absolute Gasteiger partial charge is 0.203 e. The van der Waals surface area contributed by atoms with Crippen LogP contribution in [0.3, 0.4) is 0 Å². The van der Waals surface area contributed by atoms with Gasteiger partial charge in [-0.05, 0) is 36.8 Å². The first-order valence-electron chi connectivity index (χ1n) is 6.49. The minimum absolute atomic E-state index is 0.0644. The van der Waals surface area contributed by atoms with Gasteiger partial charge in [0.1, 0.15) is 0 Å². The fraction of sp³-hybridized carbons (Fsp3) is 0.250. The molecule has 4 aliphatic carbocycles. The van der Waals surface area contributed by atoms with E-state index in [1.807, 2.05) is 24.3 Å². The van der Waals surface area contributed by atoms with E-state index in [2.05, 4.69) is 0 Å². The first kappa shape index (κ1) is 13.2. The van der Waals surface area contributed by atoms with Crippen molar-refractivity contribution in [3.8, 4) is 0 Å². The van der Waals surface area contributed by atoms with E-state index in [0.29, 0.717) is 12.8 Å². The van der Waals surface area contributed by atoms with E-state index in [1.54, 1.807) is 0 Å². The Morgan fingerprint density at radius 3 is 1.10 bits per heavy atom. The first-order valence-corrected chi connectivity index (χ1v) is 6.49. The van der Waals surface area contributed by atoms with E-state index in [9.17, 15) is 17.6 Å². The van der Waals surface area contributed by atoms with E-state index in [0.717, 1.165) is 11.1 Å². The summed E-state index contributed by atoms with van der Waals surface area (Å²) in [4.78, 5) is 0. The van der Waals surface area contributed by atoms with Crippen LogP contribution in [0.4, 0.5) is 17.6 Å². The van der Waals surface area contributed by atoms with Crippen molar-refractivity contribution in [2.75, 3.05) is 0 Å². The number of benzene rings is 2. The monoisotopic (exact) mass is 280 g/mol. The Morgan fingerprint density at radius 1 is 0.500 bits per heavy atom. The summed E-state index contributed by atoms with van der Waals surface area (Å²) in [6, 6.07) is 7.52.